The van der Waals surface area contributed by atoms with Crippen molar-refractivity contribution in [2.75, 3.05) is 19.1 Å². The SMILES string of the molecule is CSCC(C)N(C)C1CC(N)c2ccccc21. The Hall–Kier alpha value is -0.510. The molecule has 2 N–H and O–H groups in total. The quantitative estimate of drug-likeness (QED) is 0.891. The highest BCUT2D eigenvalue weighted by molar-refractivity contribution is 7.98. The normalized spacial score (nSPS) is 25.0. The Kier molecular flexibility index (Phi) is 4.13. The number of thioether (sulfide) groups is 1. The number of nitrogens with two attached hydrogens (primary N) is 1. The van der Waals surface area contributed by atoms with Crippen LogP contribution in [0.4, 0.5) is 0 Å². The maximum Gasteiger partial charge on any atom is 0.0369 e. The van der Waals surface area contributed by atoms with Crippen molar-refractivity contribution in [1.29, 1.82) is 0 Å². The van der Waals surface area contributed by atoms with Crippen LogP contribution in [0, 0.1) is 0 Å². The van der Waals surface area contributed by atoms with Gasteiger partial charge in [-0.3, -0.25) is 4.90 Å². The Morgan fingerprint density at radius 3 is 2.71 bits per heavy atom. The van der Waals surface area contributed by atoms with E-state index in [2.05, 4.69) is 49.4 Å². The molecule has 0 radical (unpaired) electrons. The highest BCUT2D eigenvalue weighted by Gasteiger charge is 2.32. The smallest absolute Gasteiger partial charge is 0.0369 e. The van der Waals surface area contributed by atoms with E-state index in [1.165, 1.54) is 16.9 Å². The fraction of sp³-hybridized carbons (Fsp3) is 0.571. The average Bonchev–Trinajstić information content (AvgIpc) is 2.67. The molecule has 0 aromatic heterocycles. The van der Waals surface area contributed by atoms with E-state index in [9.17, 15) is 0 Å². The van der Waals surface area contributed by atoms with Gasteiger partial charge in [-0.25, -0.2) is 0 Å². The third-order valence-corrected chi connectivity index (χ3v) is 4.64. The van der Waals surface area contributed by atoms with Crippen molar-refractivity contribution in [3.05, 3.63) is 35.4 Å². The van der Waals surface area contributed by atoms with Gasteiger partial charge in [0.2, 0.25) is 0 Å². The molecule has 0 saturated heterocycles. The number of hydrogen-bond donors (Lipinski definition) is 1. The molecule has 0 fully saturated rings. The minimum Gasteiger partial charge on any atom is -0.324 e. The van der Waals surface area contributed by atoms with E-state index < -0.39 is 0 Å². The lowest BCUT2D eigenvalue weighted by atomic mass is 10.1. The summed E-state index contributed by atoms with van der Waals surface area (Å²) in [6, 6.07) is 9.91. The van der Waals surface area contributed by atoms with Gasteiger partial charge in [-0.05, 0) is 37.8 Å². The number of fused-ring (bicyclic) bond motifs is 1. The van der Waals surface area contributed by atoms with E-state index in [4.69, 9.17) is 5.73 Å². The van der Waals surface area contributed by atoms with Crippen LogP contribution in [0.1, 0.15) is 36.6 Å². The molecule has 3 heteroatoms. The van der Waals surface area contributed by atoms with Gasteiger partial charge in [0.15, 0.2) is 0 Å². The second-order valence-electron chi connectivity index (χ2n) is 4.96. The Balaban J connectivity index is 2.19. The van der Waals surface area contributed by atoms with Crippen molar-refractivity contribution in [1.82, 2.24) is 4.90 Å². The summed E-state index contributed by atoms with van der Waals surface area (Å²) in [5.74, 6) is 1.17. The molecule has 3 atom stereocenters. The topological polar surface area (TPSA) is 29.3 Å². The first kappa shape index (κ1) is 12.9. The first-order valence-electron chi connectivity index (χ1n) is 6.20. The summed E-state index contributed by atoms with van der Waals surface area (Å²) in [7, 11) is 2.22. The first-order chi connectivity index (χ1) is 8.15. The molecule has 1 aliphatic carbocycles. The van der Waals surface area contributed by atoms with E-state index in [-0.39, 0.29) is 6.04 Å². The molecule has 0 saturated carbocycles. The van der Waals surface area contributed by atoms with Gasteiger partial charge in [0.05, 0.1) is 0 Å². The molecule has 3 unspecified atom stereocenters. The predicted octanol–water partition coefficient (Wildman–Crippen LogP) is 2.81. The molecular weight excluding hydrogens is 228 g/mol. The highest BCUT2D eigenvalue weighted by Crippen LogP contribution is 2.40. The number of rotatable bonds is 4. The third kappa shape index (κ3) is 2.51. The maximum absolute atomic E-state index is 6.22. The second kappa shape index (κ2) is 5.42. The Labute approximate surface area is 109 Å². The van der Waals surface area contributed by atoms with Gasteiger partial charge in [0.1, 0.15) is 0 Å². The summed E-state index contributed by atoms with van der Waals surface area (Å²) < 4.78 is 0. The Morgan fingerprint density at radius 2 is 2.06 bits per heavy atom. The van der Waals surface area contributed by atoms with Gasteiger partial charge < -0.3 is 5.73 Å². The summed E-state index contributed by atoms with van der Waals surface area (Å²) in [5, 5.41) is 0. The van der Waals surface area contributed by atoms with E-state index in [1.807, 2.05) is 11.8 Å². The van der Waals surface area contributed by atoms with Crippen molar-refractivity contribution in [2.24, 2.45) is 5.73 Å². The van der Waals surface area contributed by atoms with Crippen molar-refractivity contribution < 1.29 is 0 Å². The molecule has 1 aromatic carbocycles. The van der Waals surface area contributed by atoms with E-state index in [1.54, 1.807) is 0 Å². The molecule has 1 aromatic rings. The van der Waals surface area contributed by atoms with Crippen LogP contribution in [0.25, 0.3) is 0 Å². The van der Waals surface area contributed by atoms with Crippen LogP contribution in [-0.2, 0) is 0 Å². The van der Waals surface area contributed by atoms with Crippen LogP contribution in [-0.4, -0.2) is 30.0 Å². The van der Waals surface area contributed by atoms with Gasteiger partial charge in [-0.15, -0.1) is 0 Å². The molecule has 0 amide bonds. The van der Waals surface area contributed by atoms with Gasteiger partial charge in [-0.2, -0.15) is 11.8 Å². The van der Waals surface area contributed by atoms with Gasteiger partial charge in [0.25, 0.3) is 0 Å². The summed E-state index contributed by atoms with van der Waals surface area (Å²) in [5.41, 5.74) is 8.98. The lowest BCUT2D eigenvalue weighted by Gasteiger charge is -2.31. The van der Waals surface area contributed by atoms with Crippen LogP contribution < -0.4 is 5.73 Å². The average molecular weight is 250 g/mol. The molecule has 94 valence electrons. The minimum absolute atomic E-state index is 0.208. The molecule has 17 heavy (non-hydrogen) atoms. The second-order valence-corrected chi connectivity index (χ2v) is 5.87. The molecule has 0 spiro atoms. The fourth-order valence-electron chi connectivity index (χ4n) is 2.70. The molecule has 2 nitrogen and oxygen atoms in total. The van der Waals surface area contributed by atoms with Crippen molar-refractivity contribution in [3.63, 3.8) is 0 Å². The highest BCUT2D eigenvalue weighted by atomic mass is 32.2. The van der Waals surface area contributed by atoms with Gasteiger partial charge in [0, 0.05) is 23.9 Å². The third-order valence-electron chi connectivity index (χ3n) is 3.83. The monoisotopic (exact) mass is 250 g/mol. The summed E-state index contributed by atoms with van der Waals surface area (Å²) >= 11 is 1.91. The van der Waals surface area contributed by atoms with Crippen LogP contribution in [0.15, 0.2) is 24.3 Å². The molecule has 0 aliphatic heterocycles. The largest absolute Gasteiger partial charge is 0.324 e. The zero-order valence-corrected chi connectivity index (χ0v) is 11.7. The van der Waals surface area contributed by atoms with Crippen molar-refractivity contribution >= 4 is 11.8 Å². The lowest BCUT2D eigenvalue weighted by Crippen LogP contribution is -2.34. The lowest BCUT2D eigenvalue weighted by molar-refractivity contribution is 0.194. The summed E-state index contributed by atoms with van der Waals surface area (Å²) in [4.78, 5) is 2.47. The number of nitrogens with zero attached hydrogens (tertiary/aromatic N) is 1. The van der Waals surface area contributed by atoms with Gasteiger partial charge >= 0.3 is 0 Å². The standard InChI is InChI=1S/C14H22N2S/c1-10(9-17-3)16(2)14-8-13(15)11-6-4-5-7-12(11)14/h4-7,10,13-14H,8-9,15H2,1-3H3. The van der Waals surface area contributed by atoms with Crippen LogP contribution in [0.3, 0.4) is 0 Å². The van der Waals surface area contributed by atoms with Crippen LogP contribution in [0.2, 0.25) is 0 Å². The van der Waals surface area contributed by atoms with Gasteiger partial charge in [-0.1, -0.05) is 24.3 Å². The fourth-order valence-corrected chi connectivity index (χ4v) is 3.42. The molecule has 0 heterocycles. The molecule has 0 bridgehead atoms. The van der Waals surface area contributed by atoms with Crippen molar-refractivity contribution in [2.45, 2.75) is 31.5 Å². The Bertz CT molecular complexity index is 380. The Morgan fingerprint density at radius 1 is 1.41 bits per heavy atom. The zero-order valence-electron chi connectivity index (χ0n) is 10.9. The number of hydrogen-bond acceptors (Lipinski definition) is 3. The first-order valence-corrected chi connectivity index (χ1v) is 7.59. The molecular formula is C14H22N2S. The summed E-state index contributed by atoms with van der Waals surface area (Å²) in [6.07, 6.45) is 3.22. The summed E-state index contributed by atoms with van der Waals surface area (Å²) in [6.45, 7) is 2.29. The zero-order chi connectivity index (χ0) is 12.4. The van der Waals surface area contributed by atoms with Crippen molar-refractivity contribution in [3.8, 4) is 0 Å². The van der Waals surface area contributed by atoms with E-state index in [0.29, 0.717) is 12.1 Å². The van der Waals surface area contributed by atoms with E-state index >= 15 is 0 Å². The maximum atomic E-state index is 6.22. The number of benzene rings is 1. The van der Waals surface area contributed by atoms with Crippen LogP contribution in [0.5, 0.6) is 0 Å². The minimum atomic E-state index is 0.208. The predicted molar refractivity (Wildman–Crippen MR) is 76.3 cm³/mol. The molecule has 2 rings (SSSR count). The van der Waals surface area contributed by atoms with Crippen LogP contribution >= 0.6 is 11.8 Å². The molecule has 1 aliphatic rings. The van der Waals surface area contributed by atoms with E-state index in [0.717, 1.165) is 6.42 Å².